The van der Waals surface area contributed by atoms with Gasteiger partial charge in [-0.1, -0.05) is 27.5 Å². The van der Waals surface area contributed by atoms with Gasteiger partial charge in [0, 0.05) is 10.0 Å². The standard InChI is InChI=1S/C10H8BrClO2/c1-6(13)4-10(14)8-3-2-7(11)5-9(8)12/h2-3,5H,4H2,1H3. The first-order valence-corrected chi connectivity index (χ1v) is 5.15. The molecular weight excluding hydrogens is 267 g/mol. The summed E-state index contributed by atoms with van der Waals surface area (Å²) < 4.78 is 0.807. The highest BCUT2D eigenvalue weighted by molar-refractivity contribution is 9.10. The summed E-state index contributed by atoms with van der Waals surface area (Å²) in [6.07, 6.45) is -0.0959. The van der Waals surface area contributed by atoms with E-state index in [4.69, 9.17) is 11.6 Å². The second-order valence-corrected chi connectivity index (χ2v) is 4.25. The minimum Gasteiger partial charge on any atom is -0.300 e. The monoisotopic (exact) mass is 274 g/mol. The Bertz CT molecular complexity index is 388. The number of hydrogen-bond acceptors (Lipinski definition) is 2. The van der Waals surface area contributed by atoms with E-state index in [1.54, 1.807) is 18.2 Å². The average Bonchev–Trinajstić information content (AvgIpc) is 2.01. The predicted octanol–water partition coefficient (Wildman–Crippen LogP) is 3.26. The lowest BCUT2D eigenvalue weighted by molar-refractivity contribution is -0.116. The number of benzene rings is 1. The van der Waals surface area contributed by atoms with Crippen LogP contribution in [0.25, 0.3) is 0 Å². The minimum absolute atomic E-state index is 0.0959. The molecule has 0 unspecified atom stereocenters. The molecule has 0 bridgehead atoms. The summed E-state index contributed by atoms with van der Waals surface area (Å²) in [7, 11) is 0. The molecule has 14 heavy (non-hydrogen) atoms. The molecule has 0 heterocycles. The summed E-state index contributed by atoms with van der Waals surface area (Å²) in [6.45, 7) is 1.38. The van der Waals surface area contributed by atoms with Crippen LogP contribution in [0.5, 0.6) is 0 Å². The second-order valence-electron chi connectivity index (χ2n) is 2.93. The molecule has 0 atom stereocenters. The van der Waals surface area contributed by atoms with E-state index >= 15 is 0 Å². The number of halogens is 2. The van der Waals surface area contributed by atoms with Crippen LogP contribution in [0.4, 0.5) is 0 Å². The molecule has 0 N–H and O–H groups in total. The minimum atomic E-state index is -0.241. The largest absolute Gasteiger partial charge is 0.300 e. The number of carbonyl (C=O) groups excluding carboxylic acids is 2. The Morgan fingerprint density at radius 3 is 2.57 bits per heavy atom. The molecule has 0 saturated heterocycles. The number of hydrogen-bond donors (Lipinski definition) is 0. The van der Waals surface area contributed by atoms with E-state index in [0.717, 1.165) is 4.47 Å². The van der Waals surface area contributed by atoms with Crippen LogP contribution in [-0.4, -0.2) is 11.6 Å². The maximum Gasteiger partial charge on any atom is 0.171 e. The topological polar surface area (TPSA) is 34.1 Å². The Hall–Kier alpha value is -0.670. The van der Waals surface area contributed by atoms with Gasteiger partial charge in [-0.3, -0.25) is 9.59 Å². The Balaban J connectivity index is 2.96. The first-order valence-electron chi connectivity index (χ1n) is 3.98. The lowest BCUT2D eigenvalue weighted by Gasteiger charge is -2.01. The first kappa shape index (κ1) is 11.4. The Kier molecular flexibility index (Phi) is 3.84. The molecule has 0 saturated carbocycles. The van der Waals surface area contributed by atoms with Crippen molar-refractivity contribution in [3.8, 4) is 0 Å². The van der Waals surface area contributed by atoms with E-state index in [0.29, 0.717) is 10.6 Å². The van der Waals surface area contributed by atoms with Crippen LogP contribution in [0, 0.1) is 0 Å². The van der Waals surface area contributed by atoms with E-state index in [1.807, 2.05) is 0 Å². The SMILES string of the molecule is CC(=O)CC(=O)c1ccc(Br)cc1Cl. The van der Waals surface area contributed by atoms with Crippen molar-refractivity contribution >= 4 is 39.1 Å². The summed E-state index contributed by atoms with van der Waals surface area (Å²) in [6, 6.07) is 4.96. The van der Waals surface area contributed by atoms with Gasteiger partial charge in [0.25, 0.3) is 0 Å². The number of Topliss-reactive ketones (excluding diaryl/α,β-unsaturated/α-hetero) is 2. The summed E-state index contributed by atoms with van der Waals surface area (Å²) >= 11 is 9.08. The average molecular weight is 276 g/mol. The summed E-state index contributed by atoms with van der Waals surface area (Å²) in [5, 5.41) is 0.366. The van der Waals surface area contributed by atoms with Crippen molar-refractivity contribution in [1.82, 2.24) is 0 Å². The van der Waals surface area contributed by atoms with E-state index in [2.05, 4.69) is 15.9 Å². The Morgan fingerprint density at radius 2 is 2.07 bits per heavy atom. The van der Waals surface area contributed by atoms with Gasteiger partial charge in [-0.05, 0) is 25.1 Å². The van der Waals surface area contributed by atoms with Crippen molar-refractivity contribution in [2.45, 2.75) is 13.3 Å². The van der Waals surface area contributed by atoms with Crippen LogP contribution in [0.15, 0.2) is 22.7 Å². The summed E-state index contributed by atoms with van der Waals surface area (Å²) in [4.78, 5) is 22.2. The van der Waals surface area contributed by atoms with Gasteiger partial charge in [0.2, 0.25) is 0 Å². The molecule has 0 aliphatic carbocycles. The van der Waals surface area contributed by atoms with Crippen molar-refractivity contribution in [3.05, 3.63) is 33.3 Å². The Morgan fingerprint density at radius 1 is 1.43 bits per heavy atom. The van der Waals surface area contributed by atoms with Crippen molar-refractivity contribution < 1.29 is 9.59 Å². The van der Waals surface area contributed by atoms with E-state index in [9.17, 15) is 9.59 Å². The van der Waals surface area contributed by atoms with Gasteiger partial charge in [-0.2, -0.15) is 0 Å². The fraction of sp³-hybridized carbons (Fsp3) is 0.200. The maximum atomic E-state index is 11.5. The van der Waals surface area contributed by atoms with E-state index in [-0.39, 0.29) is 18.0 Å². The molecule has 0 aliphatic rings. The third kappa shape index (κ3) is 2.93. The normalized spacial score (nSPS) is 9.93. The molecule has 0 amide bonds. The number of carbonyl (C=O) groups is 2. The quantitative estimate of drug-likeness (QED) is 0.627. The summed E-state index contributed by atoms with van der Waals surface area (Å²) in [5.74, 6) is -0.399. The molecular formula is C10H8BrClO2. The fourth-order valence-electron chi connectivity index (χ4n) is 1.04. The molecule has 4 heteroatoms. The van der Waals surface area contributed by atoms with Crippen molar-refractivity contribution in [3.63, 3.8) is 0 Å². The molecule has 0 radical (unpaired) electrons. The maximum absolute atomic E-state index is 11.5. The van der Waals surface area contributed by atoms with Gasteiger partial charge in [-0.25, -0.2) is 0 Å². The van der Waals surface area contributed by atoms with E-state index in [1.165, 1.54) is 6.92 Å². The van der Waals surface area contributed by atoms with Crippen LogP contribution in [0.2, 0.25) is 5.02 Å². The zero-order chi connectivity index (χ0) is 10.7. The molecule has 74 valence electrons. The predicted molar refractivity (Wildman–Crippen MR) is 58.8 cm³/mol. The number of ketones is 2. The first-order chi connectivity index (χ1) is 6.50. The fourth-order valence-corrected chi connectivity index (χ4v) is 1.82. The smallest absolute Gasteiger partial charge is 0.171 e. The molecule has 1 aromatic carbocycles. The molecule has 2 nitrogen and oxygen atoms in total. The van der Waals surface area contributed by atoms with Crippen molar-refractivity contribution in [1.29, 1.82) is 0 Å². The van der Waals surface area contributed by atoms with Gasteiger partial charge >= 0.3 is 0 Å². The van der Waals surface area contributed by atoms with Gasteiger partial charge < -0.3 is 0 Å². The highest BCUT2D eigenvalue weighted by atomic mass is 79.9. The lowest BCUT2D eigenvalue weighted by Crippen LogP contribution is -2.05. The Labute approximate surface area is 95.4 Å². The van der Waals surface area contributed by atoms with Crippen molar-refractivity contribution in [2.24, 2.45) is 0 Å². The molecule has 0 aromatic heterocycles. The molecule has 0 spiro atoms. The second kappa shape index (κ2) is 4.71. The highest BCUT2D eigenvalue weighted by Gasteiger charge is 2.12. The van der Waals surface area contributed by atoms with Gasteiger partial charge in [0.05, 0.1) is 11.4 Å². The van der Waals surface area contributed by atoms with Crippen LogP contribution in [0.1, 0.15) is 23.7 Å². The van der Waals surface area contributed by atoms with Crippen LogP contribution in [-0.2, 0) is 4.79 Å². The van der Waals surface area contributed by atoms with Crippen LogP contribution in [0.3, 0.4) is 0 Å². The van der Waals surface area contributed by atoms with Crippen LogP contribution < -0.4 is 0 Å². The summed E-state index contributed by atoms with van der Waals surface area (Å²) in [5.41, 5.74) is 0.394. The zero-order valence-electron chi connectivity index (χ0n) is 7.51. The highest BCUT2D eigenvalue weighted by Crippen LogP contribution is 2.22. The molecule has 1 aromatic rings. The van der Waals surface area contributed by atoms with Gasteiger partial charge in [0.1, 0.15) is 5.78 Å². The van der Waals surface area contributed by atoms with Crippen LogP contribution >= 0.6 is 27.5 Å². The molecule has 0 fully saturated rings. The number of rotatable bonds is 3. The van der Waals surface area contributed by atoms with Gasteiger partial charge in [-0.15, -0.1) is 0 Å². The zero-order valence-corrected chi connectivity index (χ0v) is 9.85. The molecule has 0 aliphatic heterocycles. The van der Waals surface area contributed by atoms with Crippen molar-refractivity contribution in [2.75, 3.05) is 0 Å². The third-order valence-electron chi connectivity index (χ3n) is 1.64. The van der Waals surface area contributed by atoms with Gasteiger partial charge in [0.15, 0.2) is 5.78 Å². The molecule has 1 rings (SSSR count). The van der Waals surface area contributed by atoms with E-state index < -0.39 is 0 Å². The lowest BCUT2D eigenvalue weighted by atomic mass is 10.1. The third-order valence-corrected chi connectivity index (χ3v) is 2.45.